The van der Waals surface area contributed by atoms with Gasteiger partial charge in [0.05, 0.1) is 6.54 Å². The Balaban J connectivity index is 2.11. The number of hydrogen-bond acceptors (Lipinski definition) is 6. The quantitative estimate of drug-likeness (QED) is 0.821. The van der Waals surface area contributed by atoms with Gasteiger partial charge in [0, 0.05) is 24.6 Å². The van der Waals surface area contributed by atoms with Crippen molar-refractivity contribution in [1.82, 2.24) is 9.97 Å². The van der Waals surface area contributed by atoms with Crippen LogP contribution in [0.25, 0.3) is 0 Å². The van der Waals surface area contributed by atoms with Crippen LogP contribution in [0, 0.1) is 6.92 Å². The van der Waals surface area contributed by atoms with Crippen LogP contribution in [-0.2, 0) is 17.9 Å². The molecule has 2 aromatic heterocycles. The van der Waals surface area contributed by atoms with E-state index in [9.17, 15) is 0 Å². The molecule has 0 aliphatic rings. The summed E-state index contributed by atoms with van der Waals surface area (Å²) >= 11 is 1.75. The van der Waals surface area contributed by atoms with E-state index in [-0.39, 0.29) is 0 Å². The van der Waals surface area contributed by atoms with Crippen molar-refractivity contribution in [3.8, 4) is 0 Å². The normalized spacial score (nSPS) is 10.6. The summed E-state index contributed by atoms with van der Waals surface area (Å²) in [6.07, 6.45) is 0. The minimum Gasteiger partial charge on any atom is -0.377 e. The molecule has 0 amide bonds. The van der Waals surface area contributed by atoms with Crippen LogP contribution in [0.5, 0.6) is 0 Å². The molecule has 2 N–H and O–H groups in total. The number of nitrogens with one attached hydrogen (secondary N) is 2. The van der Waals surface area contributed by atoms with Crippen LogP contribution in [0.2, 0.25) is 0 Å². The SMILES string of the molecule is CCNc1cc(NCc2sccc2C)nc(COC)n1. The van der Waals surface area contributed by atoms with Gasteiger partial charge in [0.15, 0.2) is 5.82 Å². The molecule has 0 aromatic carbocycles. The monoisotopic (exact) mass is 292 g/mol. The van der Waals surface area contributed by atoms with Gasteiger partial charge in [0.25, 0.3) is 0 Å². The standard InChI is InChI=1S/C14H20N4OS/c1-4-15-12-7-13(18-14(17-12)9-19-3)16-8-11-10(2)5-6-20-11/h5-7H,4,8-9H2,1-3H3,(H2,15,16,17,18). The Morgan fingerprint density at radius 1 is 1.25 bits per heavy atom. The van der Waals surface area contributed by atoms with E-state index in [1.165, 1.54) is 10.4 Å². The Bertz CT molecular complexity index is 532. The summed E-state index contributed by atoms with van der Waals surface area (Å²) in [7, 11) is 1.64. The van der Waals surface area contributed by atoms with Crippen LogP contribution < -0.4 is 10.6 Å². The van der Waals surface area contributed by atoms with Crippen LogP contribution in [0.1, 0.15) is 23.2 Å². The lowest BCUT2D eigenvalue weighted by Crippen LogP contribution is -2.08. The second kappa shape index (κ2) is 7.21. The van der Waals surface area contributed by atoms with Gasteiger partial charge >= 0.3 is 0 Å². The first-order valence-electron chi connectivity index (χ1n) is 6.60. The average Bonchev–Trinajstić information content (AvgIpc) is 2.83. The van der Waals surface area contributed by atoms with Gasteiger partial charge in [-0.25, -0.2) is 9.97 Å². The van der Waals surface area contributed by atoms with Gasteiger partial charge in [0.1, 0.15) is 18.2 Å². The van der Waals surface area contributed by atoms with E-state index >= 15 is 0 Å². The molecule has 2 heterocycles. The minimum absolute atomic E-state index is 0.409. The van der Waals surface area contributed by atoms with Crippen molar-refractivity contribution in [3.63, 3.8) is 0 Å². The first kappa shape index (κ1) is 14.7. The summed E-state index contributed by atoms with van der Waals surface area (Å²) in [5, 5.41) is 8.66. The number of aromatic nitrogens is 2. The largest absolute Gasteiger partial charge is 0.377 e. The molecule has 0 saturated carbocycles. The van der Waals surface area contributed by atoms with E-state index in [2.05, 4.69) is 39.0 Å². The maximum atomic E-state index is 5.11. The van der Waals surface area contributed by atoms with E-state index in [1.54, 1.807) is 18.4 Å². The fraction of sp³-hybridized carbons (Fsp3) is 0.429. The molecule has 108 valence electrons. The molecule has 0 saturated heterocycles. The smallest absolute Gasteiger partial charge is 0.158 e. The zero-order valence-corrected chi connectivity index (χ0v) is 12.9. The summed E-state index contributed by atoms with van der Waals surface area (Å²) in [5.74, 6) is 2.31. The second-order valence-electron chi connectivity index (χ2n) is 4.40. The highest BCUT2D eigenvalue weighted by Crippen LogP contribution is 2.18. The zero-order chi connectivity index (χ0) is 14.4. The molecule has 0 bridgehead atoms. The number of aryl methyl sites for hydroxylation is 1. The number of anilines is 2. The lowest BCUT2D eigenvalue weighted by molar-refractivity contribution is 0.178. The van der Waals surface area contributed by atoms with Crippen LogP contribution in [-0.4, -0.2) is 23.6 Å². The predicted molar refractivity (Wildman–Crippen MR) is 83.3 cm³/mol. The summed E-state index contributed by atoms with van der Waals surface area (Å²) in [4.78, 5) is 10.2. The van der Waals surface area contributed by atoms with E-state index < -0.39 is 0 Å². The lowest BCUT2D eigenvalue weighted by atomic mass is 10.3. The van der Waals surface area contributed by atoms with Gasteiger partial charge in [-0.15, -0.1) is 11.3 Å². The van der Waals surface area contributed by atoms with E-state index in [1.807, 2.05) is 13.0 Å². The fourth-order valence-electron chi connectivity index (χ4n) is 1.81. The molecular formula is C14H20N4OS. The van der Waals surface area contributed by atoms with Gasteiger partial charge in [-0.1, -0.05) is 0 Å². The Kier molecular flexibility index (Phi) is 5.31. The molecule has 0 aliphatic heterocycles. The number of thiophene rings is 1. The molecule has 0 radical (unpaired) electrons. The van der Waals surface area contributed by atoms with Crippen molar-refractivity contribution in [3.05, 3.63) is 33.8 Å². The molecule has 0 unspecified atom stereocenters. The Morgan fingerprint density at radius 2 is 2.00 bits per heavy atom. The van der Waals surface area contributed by atoms with Crippen molar-refractivity contribution in [2.45, 2.75) is 27.0 Å². The highest BCUT2D eigenvalue weighted by atomic mass is 32.1. The van der Waals surface area contributed by atoms with Gasteiger partial charge in [0.2, 0.25) is 0 Å². The van der Waals surface area contributed by atoms with E-state index in [0.717, 1.165) is 24.7 Å². The summed E-state index contributed by atoms with van der Waals surface area (Å²) in [6, 6.07) is 4.05. The minimum atomic E-state index is 0.409. The van der Waals surface area contributed by atoms with Gasteiger partial charge in [-0.3, -0.25) is 0 Å². The molecule has 20 heavy (non-hydrogen) atoms. The third kappa shape index (κ3) is 3.91. The average molecular weight is 292 g/mol. The van der Waals surface area contributed by atoms with Crippen molar-refractivity contribution in [1.29, 1.82) is 0 Å². The number of methoxy groups -OCH3 is 1. The van der Waals surface area contributed by atoms with Crippen molar-refractivity contribution < 1.29 is 4.74 Å². The molecule has 0 spiro atoms. The van der Waals surface area contributed by atoms with Crippen LogP contribution >= 0.6 is 11.3 Å². The topological polar surface area (TPSA) is 59.1 Å². The van der Waals surface area contributed by atoms with Crippen LogP contribution in [0.15, 0.2) is 17.5 Å². The molecule has 2 aromatic rings. The molecule has 0 fully saturated rings. The summed E-state index contributed by atoms with van der Waals surface area (Å²) in [5.41, 5.74) is 1.31. The van der Waals surface area contributed by atoms with Gasteiger partial charge in [-0.05, 0) is 30.9 Å². The lowest BCUT2D eigenvalue weighted by Gasteiger charge is -2.10. The van der Waals surface area contributed by atoms with Crippen LogP contribution in [0.4, 0.5) is 11.6 Å². The third-order valence-corrected chi connectivity index (χ3v) is 3.83. The van der Waals surface area contributed by atoms with E-state index in [0.29, 0.717) is 12.4 Å². The number of nitrogens with zero attached hydrogens (tertiary/aromatic N) is 2. The molecule has 6 heteroatoms. The van der Waals surface area contributed by atoms with Crippen molar-refractivity contribution in [2.24, 2.45) is 0 Å². The maximum Gasteiger partial charge on any atom is 0.158 e. The van der Waals surface area contributed by atoms with Crippen molar-refractivity contribution in [2.75, 3.05) is 24.3 Å². The Morgan fingerprint density at radius 3 is 2.60 bits per heavy atom. The van der Waals surface area contributed by atoms with Gasteiger partial charge < -0.3 is 15.4 Å². The third-order valence-electron chi connectivity index (χ3n) is 2.80. The maximum absolute atomic E-state index is 5.11. The predicted octanol–water partition coefficient (Wildman–Crippen LogP) is 3.04. The molecule has 0 aliphatic carbocycles. The Labute approximate surface area is 123 Å². The first-order valence-corrected chi connectivity index (χ1v) is 7.48. The highest BCUT2D eigenvalue weighted by molar-refractivity contribution is 7.10. The molecule has 0 atom stereocenters. The molecular weight excluding hydrogens is 272 g/mol. The van der Waals surface area contributed by atoms with Crippen LogP contribution in [0.3, 0.4) is 0 Å². The second-order valence-corrected chi connectivity index (χ2v) is 5.40. The summed E-state index contributed by atoms with van der Waals surface area (Å²) in [6.45, 7) is 6.17. The number of hydrogen-bond donors (Lipinski definition) is 2. The van der Waals surface area contributed by atoms with Crippen molar-refractivity contribution >= 4 is 23.0 Å². The summed E-state index contributed by atoms with van der Waals surface area (Å²) < 4.78 is 5.11. The fourth-order valence-corrected chi connectivity index (χ4v) is 2.65. The highest BCUT2D eigenvalue weighted by Gasteiger charge is 2.05. The van der Waals surface area contributed by atoms with E-state index in [4.69, 9.17) is 4.74 Å². The molecule has 5 nitrogen and oxygen atoms in total. The van der Waals surface area contributed by atoms with Gasteiger partial charge in [-0.2, -0.15) is 0 Å². The number of rotatable bonds is 7. The first-order chi connectivity index (χ1) is 9.72. The zero-order valence-electron chi connectivity index (χ0n) is 12.1. The Hall–Kier alpha value is -1.66. The number of ether oxygens (including phenoxy) is 1. The molecule has 2 rings (SSSR count).